The molecule has 0 aliphatic heterocycles. The first-order valence-corrected chi connectivity index (χ1v) is 6.97. The lowest BCUT2D eigenvalue weighted by atomic mass is 9.79. The van der Waals surface area contributed by atoms with Gasteiger partial charge < -0.3 is 11.1 Å². The number of nitrogens with two attached hydrogens (primary N) is 1. The van der Waals surface area contributed by atoms with Crippen molar-refractivity contribution in [3.05, 3.63) is 0 Å². The van der Waals surface area contributed by atoms with Crippen LogP contribution in [0.3, 0.4) is 0 Å². The zero-order valence-corrected chi connectivity index (χ0v) is 11.7. The standard InChI is InChI=1S/C14H28N2O/c1-9(2)11-6-5-7-12(8-11)16-14(17)13(15)10(3)4/h9-13H,5-8,15H2,1-4H3,(H,16,17)/t11?,12?,13-/m0/s1. The molecule has 0 aromatic heterocycles. The Morgan fingerprint density at radius 2 is 1.88 bits per heavy atom. The molecule has 0 bridgehead atoms. The van der Waals surface area contributed by atoms with E-state index in [1.807, 2.05) is 13.8 Å². The molecule has 0 radical (unpaired) electrons. The maximum Gasteiger partial charge on any atom is 0.237 e. The molecule has 1 fully saturated rings. The van der Waals surface area contributed by atoms with Gasteiger partial charge in [0.25, 0.3) is 0 Å². The summed E-state index contributed by atoms with van der Waals surface area (Å²) in [6.07, 6.45) is 4.76. The van der Waals surface area contributed by atoms with E-state index < -0.39 is 0 Å². The Labute approximate surface area is 106 Å². The molecular weight excluding hydrogens is 212 g/mol. The fraction of sp³-hybridized carbons (Fsp3) is 0.929. The number of nitrogens with one attached hydrogen (secondary N) is 1. The fourth-order valence-corrected chi connectivity index (χ4v) is 2.56. The largest absolute Gasteiger partial charge is 0.352 e. The van der Waals surface area contributed by atoms with Gasteiger partial charge in [-0.1, -0.05) is 40.5 Å². The Bertz CT molecular complexity index is 251. The van der Waals surface area contributed by atoms with Crippen molar-refractivity contribution in [2.24, 2.45) is 23.5 Å². The molecule has 1 saturated carbocycles. The maximum atomic E-state index is 11.9. The van der Waals surface area contributed by atoms with Crippen LogP contribution in [-0.4, -0.2) is 18.0 Å². The van der Waals surface area contributed by atoms with E-state index in [1.54, 1.807) is 0 Å². The molecule has 0 aromatic rings. The number of amides is 1. The van der Waals surface area contributed by atoms with E-state index in [0.29, 0.717) is 12.0 Å². The average molecular weight is 240 g/mol. The van der Waals surface area contributed by atoms with Crippen LogP contribution in [0.5, 0.6) is 0 Å². The van der Waals surface area contributed by atoms with Crippen LogP contribution < -0.4 is 11.1 Å². The second kappa shape index (κ2) is 6.39. The highest BCUT2D eigenvalue weighted by atomic mass is 16.2. The molecule has 1 aliphatic rings. The van der Waals surface area contributed by atoms with Crippen LogP contribution in [0.4, 0.5) is 0 Å². The molecule has 3 atom stereocenters. The lowest BCUT2D eigenvalue weighted by Gasteiger charge is -2.33. The Morgan fingerprint density at radius 1 is 1.24 bits per heavy atom. The summed E-state index contributed by atoms with van der Waals surface area (Å²) < 4.78 is 0. The molecule has 1 rings (SSSR count). The molecular formula is C14H28N2O. The van der Waals surface area contributed by atoms with Crippen molar-refractivity contribution in [3.63, 3.8) is 0 Å². The summed E-state index contributed by atoms with van der Waals surface area (Å²) in [5.41, 5.74) is 5.86. The van der Waals surface area contributed by atoms with Gasteiger partial charge in [0.1, 0.15) is 0 Å². The predicted molar refractivity (Wildman–Crippen MR) is 71.5 cm³/mol. The number of carbonyl (C=O) groups excluding carboxylic acids is 1. The van der Waals surface area contributed by atoms with Crippen molar-refractivity contribution >= 4 is 5.91 Å². The normalized spacial score (nSPS) is 27.2. The van der Waals surface area contributed by atoms with E-state index in [1.165, 1.54) is 12.8 Å². The van der Waals surface area contributed by atoms with E-state index in [9.17, 15) is 4.79 Å². The summed E-state index contributed by atoms with van der Waals surface area (Å²) in [6, 6.07) is -0.0251. The third-order valence-electron chi connectivity index (χ3n) is 4.02. The fourth-order valence-electron chi connectivity index (χ4n) is 2.56. The minimum atomic E-state index is -0.366. The molecule has 0 saturated heterocycles. The third-order valence-corrected chi connectivity index (χ3v) is 4.02. The van der Waals surface area contributed by atoms with Crippen LogP contribution in [0.2, 0.25) is 0 Å². The van der Waals surface area contributed by atoms with Gasteiger partial charge >= 0.3 is 0 Å². The molecule has 3 nitrogen and oxygen atoms in total. The average Bonchev–Trinajstić information content (AvgIpc) is 2.28. The van der Waals surface area contributed by atoms with Crippen LogP contribution in [0.25, 0.3) is 0 Å². The Kier molecular flexibility index (Phi) is 5.44. The highest BCUT2D eigenvalue weighted by Crippen LogP contribution is 2.29. The van der Waals surface area contributed by atoms with Gasteiger partial charge in [0.15, 0.2) is 0 Å². The van der Waals surface area contributed by atoms with Gasteiger partial charge in [0, 0.05) is 6.04 Å². The Balaban J connectivity index is 2.43. The van der Waals surface area contributed by atoms with E-state index in [4.69, 9.17) is 5.73 Å². The molecule has 0 aromatic carbocycles. The number of hydrogen-bond donors (Lipinski definition) is 2. The molecule has 0 heterocycles. The molecule has 17 heavy (non-hydrogen) atoms. The van der Waals surface area contributed by atoms with Crippen LogP contribution in [0, 0.1) is 17.8 Å². The second-order valence-electron chi connectivity index (χ2n) is 6.15. The van der Waals surface area contributed by atoms with Crippen LogP contribution in [-0.2, 0) is 4.79 Å². The summed E-state index contributed by atoms with van der Waals surface area (Å²) in [4.78, 5) is 11.9. The highest BCUT2D eigenvalue weighted by molar-refractivity contribution is 5.82. The highest BCUT2D eigenvalue weighted by Gasteiger charge is 2.27. The summed E-state index contributed by atoms with van der Waals surface area (Å²) >= 11 is 0. The lowest BCUT2D eigenvalue weighted by Crippen LogP contribution is -2.49. The smallest absolute Gasteiger partial charge is 0.237 e. The first kappa shape index (κ1) is 14.5. The van der Waals surface area contributed by atoms with Gasteiger partial charge in [-0.2, -0.15) is 0 Å². The molecule has 100 valence electrons. The molecule has 3 heteroatoms. The topological polar surface area (TPSA) is 55.1 Å². The summed E-state index contributed by atoms with van der Waals surface area (Å²) in [5, 5.41) is 3.12. The van der Waals surface area contributed by atoms with Crippen molar-refractivity contribution in [1.29, 1.82) is 0 Å². The maximum absolute atomic E-state index is 11.9. The monoisotopic (exact) mass is 240 g/mol. The van der Waals surface area contributed by atoms with Gasteiger partial charge in [-0.05, 0) is 30.6 Å². The van der Waals surface area contributed by atoms with Crippen LogP contribution in [0.1, 0.15) is 53.4 Å². The second-order valence-corrected chi connectivity index (χ2v) is 6.15. The molecule has 0 spiro atoms. The van der Waals surface area contributed by atoms with Gasteiger partial charge in [0.05, 0.1) is 6.04 Å². The van der Waals surface area contributed by atoms with E-state index >= 15 is 0 Å². The molecule has 3 N–H and O–H groups in total. The Hall–Kier alpha value is -0.570. The zero-order chi connectivity index (χ0) is 13.0. The SMILES string of the molecule is CC(C)C1CCCC(NC(=O)[C@@H](N)C(C)C)C1. The van der Waals surface area contributed by atoms with Gasteiger partial charge in [0.2, 0.25) is 5.91 Å². The van der Waals surface area contributed by atoms with Gasteiger partial charge in [-0.15, -0.1) is 0 Å². The van der Waals surface area contributed by atoms with Crippen molar-refractivity contribution in [2.45, 2.75) is 65.5 Å². The minimum Gasteiger partial charge on any atom is -0.352 e. The first-order valence-electron chi connectivity index (χ1n) is 6.97. The van der Waals surface area contributed by atoms with Crippen molar-refractivity contribution in [1.82, 2.24) is 5.32 Å². The van der Waals surface area contributed by atoms with Gasteiger partial charge in [-0.25, -0.2) is 0 Å². The third kappa shape index (κ3) is 4.30. The van der Waals surface area contributed by atoms with Crippen molar-refractivity contribution in [2.75, 3.05) is 0 Å². The van der Waals surface area contributed by atoms with Crippen molar-refractivity contribution in [3.8, 4) is 0 Å². The first-order chi connectivity index (χ1) is 7.91. The summed E-state index contributed by atoms with van der Waals surface area (Å²) in [7, 11) is 0. The van der Waals surface area contributed by atoms with E-state index in [0.717, 1.165) is 18.8 Å². The predicted octanol–water partition coefficient (Wildman–Crippen LogP) is 2.30. The Morgan fingerprint density at radius 3 is 2.41 bits per heavy atom. The van der Waals surface area contributed by atoms with E-state index in [2.05, 4.69) is 19.2 Å². The summed E-state index contributed by atoms with van der Waals surface area (Å²) in [5.74, 6) is 1.70. The summed E-state index contributed by atoms with van der Waals surface area (Å²) in [6.45, 7) is 8.52. The zero-order valence-electron chi connectivity index (χ0n) is 11.7. The molecule has 1 aliphatic carbocycles. The van der Waals surface area contributed by atoms with E-state index in [-0.39, 0.29) is 17.9 Å². The molecule has 1 amide bonds. The quantitative estimate of drug-likeness (QED) is 0.792. The van der Waals surface area contributed by atoms with Gasteiger partial charge in [-0.3, -0.25) is 4.79 Å². The lowest BCUT2D eigenvalue weighted by molar-refractivity contribution is -0.124. The number of rotatable bonds is 4. The number of hydrogen-bond acceptors (Lipinski definition) is 2. The van der Waals surface area contributed by atoms with Crippen LogP contribution >= 0.6 is 0 Å². The molecule has 2 unspecified atom stereocenters. The van der Waals surface area contributed by atoms with Crippen LogP contribution in [0.15, 0.2) is 0 Å². The van der Waals surface area contributed by atoms with Crippen molar-refractivity contribution < 1.29 is 4.79 Å². The minimum absolute atomic E-state index is 0.0226. The number of carbonyl (C=O) groups is 1.